The lowest BCUT2D eigenvalue weighted by molar-refractivity contribution is 1.10. The summed E-state index contributed by atoms with van der Waals surface area (Å²) < 4.78 is 4.54. The third-order valence-electron chi connectivity index (χ3n) is 7.07. The summed E-state index contributed by atoms with van der Waals surface area (Å²) >= 11 is 0. The molecule has 4 heteroatoms. The van der Waals surface area contributed by atoms with Gasteiger partial charge in [-0.1, -0.05) is 78.9 Å². The van der Waals surface area contributed by atoms with E-state index in [1.807, 2.05) is 18.2 Å². The van der Waals surface area contributed by atoms with E-state index in [0.717, 1.165) is 50.5 Å². The SMILES string of the molecule is c1ccc(-c2nc3cccc4c5ccc(-c6nc7ccccc7n6-c6ccccc6)cc5c2n34)cc1. The number of para-hydroxylation sites is 3. The third-order valence-corrected chi connectivity index (χ3v) is 7.07. The van der Waals surface area contributed by atoms with E-state index in [1.54, 1.807) is 0 Å². The van der Waals surface area contributed by atoms with Gasteiger partial charge < -0.3 is 0 Å². The molecule has 0 atom stereocenters. The lowest BCUT2D eigenvalue weighted by Crippen LogP contribution is -1.97. The number of hydrogen-bond donors (Lipinski definition) is 0. The maximum absolute atomic E-state index is 5.09. The Labute approximate surface area is 207 Å². The Hall–Kier alpha value is -4.96. The van der Waals surface area contributed by atoms with Gasteiger partial charge in [-0.05, 0) is 42.5 Å². The number of benzene rings is 4. The highest BCUT2D eigenvalue weighted by Gasteiger charge is 2.20. The second-order valence-electron chi connectivity index (χ2n) is 9.14. The van der Waals surface area contributed by atoms with Gasteiger partial charge in [-0.15, -0.1) is 0 Å². The van der Waals surface area contributed by atoms with Gasteiger partial charge >= 0.3 is 0 Å². The third kappa shape index (κ3) is 2.64. The number of rotatable bonds is 3. The second kappa shape index (κ2) is 7.27. The van der Waals surface area contributed by atoms with Crippen LogP contribution in [0.25, 0.3) is 66.8 Å². The average Bonchev–Trinajstić information content (AvgIpc) is 3.62. The first-order valence-corrected chi connectivity index (χ1v) is 12.1. The van der Waals surface area contributed by atoms with Gasteiger partial charge in [0.25, 0.3) is 0 Å². The molecule has 0 radical (unpaired) electrons. The monoisotopic (exact) mass is 460 g/mol. The van der Waals surface area contributed by atoms with Crippen LogP contribution >= 0.6 is 0 Å². The van der Waals surface area contributed by atoms with Crippen molar-refractivity contribution in [2.45, 2.75) is 0 Å². The smallest absolute Gasteiger partial charge is 0.145 e. The molecule has 4 aromatic carbocycles. The molecule has 0 saturated heterocycles. The second-order valence-corrected chi connectivity index (χ2v) is 9.14. The van der Waals surface area contributed by atoms with E-state index in [2.05, 4.69) is 112 Å². The number of aromatic nitrogens is 4. The first kappa shape index (κ1) is 19.4. The van der Waals surface area contributed by atoms with Crippen molar-refractivity contribution in [3.63, 3.8) is 0 Å². The molecule has 168 valence electrons. The first-order valence-electron chi connectivity index (χ1n) is 12.1. The molecule has 8 aromatic rings. The summed E-state index contributed by atoms with van der Waals surface area (Å²) in [6.07, 6.45) is 0. The number of fused-ring (bicyclic) bond motifs is 4. The van der Waals surface area contributed by atoms with E-state index < -0.39 is 0 Å². The number of imidazole rings is 2. The van der Waals surface area contributed by atoms with Crippen molar-refractivity contribution in [3.8, 4) is 28.3 Å². The summed E-state index contributed by atoms with van der Waals surface area (Å²) in [6, 6.07) is 42.3. The topological polar surface area (TPSA) is 35.1 Å². The van der Waals surface area contributed by atoms with Gasteiger partial charge in [-0.3, -0.25) is 8.97 Å². The molecule has 36 heavy (non-hydrogen) atoms. The molecular weight excluding hydrogens is 440 g/mol. The molecule has 0 aliphatic carbocycles. The predicted octanol–water partition coefficient (Wildman–Crippen LogP) is 7.75. The largest absolute Gasteiger partial charge is 0.292 e. The average molecular weight is 461 g/mol. The van der Waals surface area contributed by atoms with Gasteiger partial charge in [0, 0.05) is 27.6 Å². The fourth-order valence-corrected chi connectivity index (χ4v) is 5.51. The van der Waals surface area contributed by atoms with E-state index in [9.17, 15) is 0 Å². The van der Waals surface area contributed by atoms with Crippen LogP contribution in [0, 0.1) is 0 Å². The van der Waals surface area contributed by atoms with Crippen LogP contribution in [0.2, 0.25) is 0 Å². The zero-order chi connectivity index (χ0) is 23.6. The minimum absolute atomic E-state index is 0.933. The minimum atomic E-state index is 0.933. The van der Waals surface area contributed by atoms with Crippen molar-refractivity contribution in [1.82, 2.24) is 18.9 Å². The van der Waals surface area contributed by atoms with Crippen molar-refractivity contribution in [3.05, 3.63) is 121 Å². The van der Waals surface area contributed by atoms with Crippen molar-refractivity contribution >= 4 is 38.5 Å². The molecule has 4 heterocycles. The van der Waals surface area contributed by atoms with Crippen molar-refractivity contribution < 1.29 is 0 Å². The van der Waals surface area contributed by atoms with Crippen LogP contribution in [0.1, 0.15) is 0 Å². The van der Waals surface area contributed by atoms with Gasteiger partial charge in [0.15, 0.2) is 0 Å². The Morgan fingerprint density at radius 3 is 2.14 bits per heavy atom. The zero-order valence-corrected chi connectivity index (χ0v) is 19.3. The summed E-state index contributed by atoms with van der Waals surface area (Å²) in [5.74, 6) is 0.933. The Balaban J connectivity index is 1.47. The molecule has 4 aromatic heterocycles. The molecule has 0 spiro atoms. The Kier molecular flexibility index (Phi) is 3.91. The molecule has 0 saturated carbocycles. The van der Waals surface area contributed by atoms with Crippen LogP contribution in [-0.4, -0.2) is 18.9 Å². The Morgan fingerprint density at radius 1 is 0.528 bits per heavy atom. The highest BCUT2D eigenvalue weighted by Crippen LogP contribution is 2.39. The molecule has 0 N–H and O–H groups in total. The van der Waals surface area contributed by atoms with Crippen LogP contribution in [-0.2, 0) is 0 Å². The van der Waals surface area contributed by atoms with Crippen LogP contribution < -0.4 is 0 Å². The maximum Gasteiger partial charge on any atom is 0.145 e. The molecular formula is C32H20N4. The molecule has 0 bridgehead atoms. The summed E-state index contributed by atoms with van der Waals surface area (Å²) in [7, 11) is 0. The van der Waals surface area contributed by atoms with E-state index in [-0.39, 0.29) is 0 Å². The number of hydrogen-bond acceptors (Lipinski definition) is 2. The van der Waals surface area contributed by atoms with Gasteiger partial charge in [0.1, 0.15) is 11.5 Å². The van der Waals surface area contributed by atoms with E-state index >= 15 is 0 Å². The standard InChI is InChI=1S/C32H20N4/c1-3-10-21(11-4-1)30-31-25-20-22(18-19-24(25)27-16-9-17-29(34-30)36(27)31)32-33-26-14-7-8-15-28(26)35(32)23-12-5-2-6-13-23/h1-20H. The molecule has 0 amide bonds. The molecule has 0 aliphatic rings. The van der Waals surface area contributed by atoms with Crippen molar-refractivity contribution in [1.29, 1.82) is 0 Å². The lowest BCUT2D eigenvalue weighted by atomic mass is 10.1. The highest BCUT2D eigenvalue weighted by molar-refractivity contribution is 6.14. The van der Waals surface area contributed by atoms with Crippen molar-refractivity contribution in [2.24, 2.45) is 0 Å². The molecule has 0 fully saturated rings. The molecule has 0 aliphatic heterocycles. The summed E-state index contributed by atoms with van der Waals surface area (Å²) in [6.45, 7) is 0. The van der Waals surface area contributed by atoms with Crippen molar-refractivity contribution in [2.75, 3.05) is 0 Å². The zero-order valence-electron chi connectivity index (χ0n) is 19.3. The van der Waals surface area contributed by atoms with Crippen LogP contribution in [0.4, 0.5) is 0 Å². The van der Waals surface area contributed by atoms with E-state index in [4.69, 9.17) is 9.97 Å². The summed E-state index contributed by atoms with van der Waals surface area (Å²) in [5, 5.41) is 2.41. The molecule has 4 nitrogen and oxygen atoms in total. The summed E-state index contributed by atoms with van der Waals surface area (Å²) in [5.41, 5.74) is 9.68. The quantitative estimate of drug-likeness (QED) is 0.270. The Morgan fingerprint density at radius 2 is 1.28 bits per heavy atom. The molecule has 0 unspecified atom stereocenters. The number of nitrogens with zero attached hydrogens (tertiary/aromatic N) is 4. The predicted molar refractivity (Wildman–Crippen MR) is 147 cm³/mol. The lowest BCUT2D eigenvalue weighted by Gasteiger charge is -2.10. The maximum atomic E-state index is 5.09. The minimum Gasteiger partial charge on any atom is -0.292 e. The Bertz CT molecular complexity index is 2030. The van der Waals surface area contributed by atoms with Crippen LogP contribution in [0.15, 0.2) is 121 Å². The molecule has 8 rings (SSSR count). The van der Waals surface area contributed by atoms with Gasteiger partial charge in [0.05, 0.1) is 27.8 Å². The fourth-order valence-electron chi connectivity index (χ4n) is 5.51. The summed E-state index contributed by atoms with van der Waals surface area (Å²) in [4.78, 5) is 10.1. The highest BCUT2D eigenvalue weighted by atomic mass is 15.1. The number of pyridine rings is 1. The van der Waals surface area contributed by atoms with Gasteiger partial charge in [0.2, 0.25) is 0 Å². The van der Waals surface area contributed by atoms with E-state index in [0.29, 0.717) is 0 Å². The first-order chi connectivity index (χ1) is 17.9. The fraction of sp³-hybridized carbons (Fsp3) is 0. The normalized spacial score (nSPS) is 11.9. The van der Waals surface area contributed by atoms with Crippen LogP contribution in [0.5, 0.6) is 0 Å². The van der Waals surface area contributed by atoms with Gasteiger partial charge in [-0.25, -0.2) is 9.97 Å². The van der Waals surface area contributed by atoms with Crippen LogP contribution in [0.3, 0.4) is 0 Å². The van der Waals surface area contributed by atoms with E-state index in [1.165, 1.54) is 16.3 Å². The van der Waals surface area contributed by atoms with Gasteiger partial charge in [-0.2, -0.15) is 0 Å².